The van der Waals surface area contributed by atoms with Gasteiger partial charge in [0.2, 0.25) is 0 Å². The standard InChI is InChI=1S/C20H22F4N4O/c1-11(2)27-17(10-18(26)20(22,23)24)15-7-6-12(8-16(15)25)19(29)28-14-5-3-4-13(21)9-14/h3-9,11,18H,10,25-26H2,1-2H3,(H,28,29). The van der Waals surface area contributed by atoms with Crippen molar-refractivity contribution >= 4 is 23.0 Å². The summed E-state index contributed by atoms with van der Waals surface area (Å²) >= 11 is 0. The summed E-state index contributed by atoms with van der Waals surface area (Å²) in [6, 6.07) is 7.17. The molecule has 1 atom stereocenters. The van der Waals surface area contributed by atoms with E-state index in [-0.39, 0.29) is 34.3 Å². The van der Waals surface area contributed by atoms with Crippen LogP contribution in [0.1, 0.15) is 36.2 Å². The molecule has 0 aliphatic carbocycles. The van der Waals surface area contributed by atoms with E-state index >= 15 is 0 Å². The first kappa shape index (κ1) is 22.4. The van der Waals surface area contributed by atoms with Gasteiger partial charge in [-0.1, -0.05) is 12.1 Å². The van der Waals surface area contributed by atoms with Crippen LogP contribution in [0.2, 0.25) is 0 Å². The highest BCUT2D eigenvalue weighted by Crippen LogP contribution is 2.25. The molecule has 2 aromatic carbocycles. The molecule has 2 aromatic rings. The summed E-state index contributed by atoms with van der Waals surface area (Å²) in [5, 5.41) is 2.53. The first-order valence-corrected chi connectivity index (χ1v) is 8.83. The number of aliphatic imine (C=N–C) groups is 1. The average molecular weight is 410 g/mol. The highest BCUT2D eigenvalue weighted by molar-refractivity contribution is 6.09. The molecule has 0 radical (unpaired) electrons. The zero-order chi connectivity index (χ0) is 21.8. The van der Waals surface area contributed by atoms with Crippen LogP contribution in [0.5, 0.6) is 0 Å². The average Bonchev–Trinajstić information content (AvgIpc) is 2.59. The maximum absolute atomic E-state index is 13.2. The molecule has 0 bridgehead atoms. The van der Waals surface area contributed by atoms with Crippen molar-refractivity contribution in [1.29, 1.82) is 0 Å². The Morgan fingerprint density at radius 2 is 1.86 bits per heavy atom. The van der Waals surface area contributed by atoms with E-state index in [2.05, 4.69) is 10.3 Å². The van der Waals surface area contributed by atoms with Crippen LogP contribution >= 0.6 is 0 Å². The highest BCUT2D eigenvalue weighted by atomic mass is 19.4. The number of benzene rings is 2. The van der Waals surface area contributed by atoms with E-state index in [1.54, 1.807) is 13.8 Å². The number of hydrogen-bond acceptors (Lipinski definition) is 4. The van der Waals surface area contributed by atoms with Crippen LogP contribution in [0.4, 0.5) is 28.9 Å². The van der Waals surface area contributed by atoms with Crippen LogP contribution in [0, 0.1) is 5.82 Å². The number of nitrogen functional groups attached to an aromatic ring is 1. The number of carbonyl (C=O) groups excluding carboxylic acids is 1. The predicted octanol–water partition coefficient (Wildman–Crippen LogP) is 4.14. The molecule has 0 aliphatic rings. The van der Waals surface area contributed by atoms with Crippen LogP contribution in [0.25, 0.3) is 0 Å². The van der Waals surface area contributed by atoms with E-state index in [4.69, 9.17) is 11.5 Å². The third kappa shape index (κ3) is 6.28. The second-order valence-electron chi connectivity index (χ2n) is 6.79. The van der Waals surface area contributed by atoms with E-state index in [0.29, 0.717) is 0 Å². The Bertz CT molecular complexity index is 910. The number of nitrogens with one attached hydrogen (secondary N) is 1. The van der Waals surface area contributed by atoms with Crippen LogP contribution in [0.15, 0.2) is 47.5 Å². The summed E-state index contributed by atoms with van der Waals surface area (Å²) < 4.78 is 51.9. The van der Waals surface area contributed by atoms with Gasteiger partial charge in [-0.2, -0.15) is 13.2 Å². The van der Waals surface area contributed by atoms with Gasteiger partial charge in [-0.25, -0.2) is 4.39 Å². The van der Waals surface area contributed by atoms with E-state index in [1.807, 2.05) is 0 Å². The van der Waals surface area contributed by atoms with Crippen LogP contribution < -0.4 is 16.8 Å². The van der Waals surface area contributed by atoms with Crippen molar-refractivity contribution < 1.29 is 22.4 Å². The minimum Gasteiger partial charge on any atom is -0.398 e. The molecule has 5 nitrogen and oxygen atoms in total. The van der Waals surface area contributed by atoms with E-state index in [0.717, 1.165) is 6.07 Å². The monoisotopic (exact) mass is 410 g/mol. The Morgan fingerprint density at radius 1 is 1.17 bits per heavy atom. The number of rotatable bonds is 6. The molecule has 0 spiro atoms. The van der Waals surface area contributed by atoms with Crippen molar-refractivity contribution in [2.24, 2.45) is 10.7 Å². The molecule has 1 amide bonds. The Labute approximate surface area is 165 Å². The number of hydrogen-bond donors (Lipinski definition) is 3. The summed E-state index contributed by atoms with van der Waals surface area (Å²) in [4.78, 5) is 16.6. The van der Waals surface area contributed by atoms with Gasteiger partial charge in [-0.3, -0.25) is 9.79 Å². The van der Waals surface area contributed by atoms with Crippen molar-refractivity contribution in [2.75, 3.05) is 11.1 Å². The summed E-state index contributed by atoms with van der Waals surface area (Å²) in [5.74, 6) is -1.05. The van der Waals surface area contributed by atoms with Crippen molar-refractivity contribution in [1.82, 2.24) is 0 Å². The van der Waals surface area contributed by atoms with Gasteiger partial charge in [0.05, 0.1) is 0 Å². The van der Waals surface area contributed by atoms with Gasteiger partial charge in [-0.05, 0) is 44.2 Å². The Balaban J connectivity index is 2.28. The molecular formula is C20H22F4N4O. The third-order valence-electron chi connectivity index (χ3n) is 3.95. The van der Waals surface area contributed by atoms with Crippen LogP contribution in [0.3, 0.4) is 0 Å². The minimum absolute atomic E-state index is 0.0886. The largest absolute Gasteiger partial charge is 0.404 e. The van der Waals surface area contributed by atoms with E-state index in [9.17, 15) is 22.4 Å². The molecular weight excluding hydrogens is 388 g/mol. The van der Waals surface area contributed by atoms with Gasteiger partial charge < -0.3 is 16.8 Å². The number of amides is 1. The maximum atomic E-state index is 13.2. The van der Waals surface area contributed by atoms with Crippen molar-refractivity contribution in [3.8, 4) is 0 Å². The Morgan fingerprint density at radius 3 is 2.41 bits per heavy atom. The van der Waals surface area contributed by atoms with Crippen LogP contribution in [-0.2, 0) is 0 Å². The van der Waals surface area contributed by atoms with Gasteiger partial charge >= 0.3 is 6.18 Å². The molecule has 156 valence electrons. The zero-order valence-electron chi connectivity index (χ0n) is 15.9. The normalized spacial score (nSPS) is 13.4. The van der Waals surface area contributed by atoms with Crippen LogP contribution in [-0.4, -0.2) is 29.9 Å². The maximum Gasteiger partial charge on any atom is 0.404 e. The smallest absolute Gasteiger partial charge is 0.398 e. The molecule has 2 rings (SSSR count). The lowest BCUT2D eigenvalue weighted by Crippen LogP contribution is -2.39. The quantitative estimate of drug-likeness (QED) is 0.380. The lowest BCUT2D eigenvalue weighted by molar-refractivity contribution is -0.145. The van der Waals surface area contributed by atoms with E-state index in [1.165, 1.54) is 36.4 Å². The third-order valence-corrected chi connectivity index (χ3v) is 3.95. The lowest BCUT2D eigenvalue weighted by atomic mass is 9.99. The molecule has 0 fully saturated rings. The fraction of sp³-hybridized carbons (Fsp3) is 0.300. The second kappa shape index (κ2) is 9.04. The van der Waals surface area contributed by atoms with Gasteiger partial charge in [0, 0.05) is 40.7 Å². The van der Waals surface area contributed by atoms with Crippen molar-refractivity contribution in [3.05, 3.63) is 59.4 Å². The zero-order valence-corrected chi connectivity index (χ0v) is 15.9. The first-order chi connectivity index (χ1) is 13.5. The van der Waals surface area contributed by atoms with Gasteiger partial charge in [-0.15, -0.1) is 0 Å². The van der Waals surface area contributed by atoms with Crippen molar-refractivity contribution in [2.45, 2.75) is 38.5 Å². The number of carbonyl (C=O) groups is 1. The molecule has 29 heavy (non-hydrogen) atoms. The molecule has 5 N–H and O–H groups in total. The lowest BCUT2D eigenvalue weighted by Gasteiger charge is -2.19. The Kier molecular flexibility index (Phi) is 6.97. The first-order valence-electron chi connectivity index (χ1n) is 8.83. The Hall–Kier alpha value is -2.94. The number of halogens is 4. The molecule has 0 aliphatic heterocycles. The van der Waals surface area contributed by atoms with Gasteiger partial charge in [0.25, 0.3) is 5.91 Å². The number of nitrogens with two attached hydrogens (primary N) is 2. The topological polar surface area (TPSA) is 93.5 Å². The molecule has 0 heterocycles. The number of anilines is 2. The molecule has 0 saturated heterocycles. The predicted molar refractivity (Wildman–Crippen MR) is 106 cm³/mol. The fourth-order valence-electron chi connectivity index (χ4n) is 2.60. The summed E-state index contributed by atoms with van der Waals surface area (Å²) in [5.41, 5.74) is 12.1. The van der Waals surface area contributed by atoms with Gasteiger partial charge in [0.15, 0.2) is 0 Å². The number of nitrogens with zero attached hydrogens (tertiary/aromatic N) is 1. The van der Waals surface area contributed by atoms with Crippen molar-refractivity contribution in [3.63, 3.8) is 0 Å². The molecule has 0 aromatic heterocycles. The molecule has 1 unspecified atom stereocenters. The second-order valence-corrected chi connectivity index (χ2v) is 6.79. The number of alkyl halides is 3. The van der Waals surface area contributed by atoms with E-state index < -0.39 is 30.4 Å². The van der Waals surface area contributed by atoms with Gasteiger partial charge in [0.1, 0.15) is 11.9 Å². The molecule has 0 saturated carbocycles. The summed E-state index contributed by atoms with van der Waals surface area (Å²) in [7, 11) is 0. The summed E-state index contributed by atoms with van der Waals surface area (Å²) in [6.07, 6.45) is -5.11. The highest BCUT2D eigenvalue weighted by Gasteiger charge is 2.37. The SMILES string of the molecule is CC(C)N=C(CC(N)C(F)(F)F)c1ccc(C(=O)Nc2cccc(F)c2)cc1N. The minimum atomic E-state index is -4.57. The molecule has 9 heteroatoms. The summed E-state index contributed by atoms with van der Waals surface area (Å²) in [6.45, 7) is 3.44. The fourth-order valence-corrected chi connectivity index (χ4v) is 2.60.